The Balaban J connectivity index is 1.34. The molecule has 0 saturated heterocycles. The zero-order valence-corrected chi connectivity index (χ0v) is 19.1. The molecular formula is C27H24N4O3. The van der Waals surface area contributed by atoms with E-state index in [1.807, 2.05) is 68.4 Å². The van der Waals surface area contributed by atoms with Crippen LogP contribution in [0.25, 0.3) is 5.82 Å². The maximum atomic E-state index is 13.3. The van der Waals surface area contributed by atoms with Gasteiger partial charge in [0.15, 0.2) is 12.4 Å². The van der Waals surface area contributed by atoms with E-state index in [2.05, 4.69) is 10.1 Å². The van der Waals surface area contributed by atoms with Crippen LogP contribution < -0.4 is 4.90 Å². The molecule has 1 amide bonds. The molecule has 0 aliphatic carbocycles. The van der Waals surface area contributed by atoms with E-state index in [1.165, 1.54) is 6.20 Å². The summed E-state index contributed by atoms with van der Waals surface area (Å²) in [7, 11) is 0. The average Bonchev–Trinajstić information content (AvgIpc) is 3.10. The summed E-state index contributed by atoms with van der Waals surface area (Å²) in [5.74, 6) is -0.296. The number of benzene rings is 2. The zero-order chi connectivity index (χ0) is 23.7. The van der Waals surface area contributed by atoms with Crippen molar-refractivity contribution in [3.05, 3.63) is 101 Å². The van der Waals surface area contributed by atoms with Crippen LogP contribution in [-0.2, 0) is 22.4 Å². The number of aromatic nitrogens is 3. The van der Waals surface area contributed by atoms with Crippen LogP contribution in [0.4, 0.5) is 11.4 Å². The van der Waals surface area contributed by atoms with Gasteiger partial charge >= 0.3 is 5.97 Å². The first-order valence-corrected chi connectivity index (χ1v) is 11.2. The second-order valence-electron chi connectivity index (χ2n) is 8.31. The van der Waals surface area contributed by atoms with Gasteiger partial charge in [0, 0.05) is 11.9 Å². The molecule has 5 rings (SSSR count). The number of amides is 1. The van der Waals surface area contributed by atoms with Crippen LogP contribution in [0.5, 0.6) is 0 Å². The predicted molar refractivity (Wildman–Crippen MR) is 129 cm³/mol. The first-order valence-electron chi connectivity index (χ1n) is 11.2. The molecule has 3 heterocycles. The molecule has 0 spiro atoms. The van der Waals surface area contributed by atoms with E-state index in [4.69, 9.17) is 4.74 Å². The molecule has 2 aromatic carbocycles. The third-order valence-corrected chi connectivity index (χ3v) is 5.92. The van der Waals surface area contributed by atoms with Gasteiger partial charge in [-0.05, 0) is 68.1 Å². The third-order valence-electron chi connectivity index (χ3n) is 5.92. The van der Waals surface area contributed by atoms with Crippen LogP contribution in [0, 0.1) is 13.8 Å². The monoisotopic (exact) mass is 452 g/mol. The Hall–Kier alpha value is -4.26. The molecule has 0 N–H and O–H groups in total. The van der Waals surface area contributed by atoms with Crippen molar-refractivity contribution < 1.29 is 14.3 Å². The first kappa shape index (κ1) is 21.6. The van der Waals surface area contributed by atoms with E-state index in [-0.39, 0.29) is 18.1 Å². The van der Waals surface area contributed by atoms with Crippen LogP contribution in [-0.4, -0.2) is 33.2 Å². The van der Waals surface area contributed by atoms with Gasteiger partial charge in [0.2, 0.25) is 0 Å². The molecule has 0 radical (unpaired) electrons. The molecular weight excluding hydrogens is 428 g/mol. The van der Waals surface area contributed by atoms with Crippen molar-refractivity contribution in [3.63, 3.8) is 0 Å². The maximum Gasteiger partial charge on any atom is 0.340 e. The highest BCUT2D eigenvalue weighted by Crippen LogP contribution is 2.36. The van der Waals surface area contributed by atoms with E-state index < -0.39 is 5.97 Å². The van der Waals surface area contributed by atoms with Gasteiger partial charge in [0.25, 0.3) is 5.91 Å². The van der Waals surface area contributed by atoms with Crippen LogP contribution in [0.2, 0.25) is 0 Å². The standard InChI is InChI=1S/C27H24N4O3/c1-18-15-19(2)31(29-18)25-14-13-22(16-28-25)27(33)34-17-26(32)30-23-9-5-3-7-20(23)11-12-21-8-4-6-10-24(21)30/h3-10,13-16H,11-12,17H2,1-2H3. The number of carbonyl (C=O) groups is 2. The fraction of sp³-hybridized carbons (Fsp3) is 0.185. The first-order chi connectivity index (χ1) is 16.5. The fourth-order valence-electron chi connectivity index (χ4n) is 4.32. The van der Waals surface area contributed by atoms with Gasteiger partial charge in [-0.2, -0.15) is 5.10 Å². The van der Waals surface area contributed by atoms with Crippen molar-refractivity contribution in [2.45, 2.75) is 26.7 Å². The zero-order valence-electron chi connectivity index (χ0n) is 19.1. The Kier molecular flexibility index (Phi) is 5.67. The number of rotatable bonds is 4. The lowest BCUT2D eigenvalue weighted by Gasteiger charge is -2.24. The van der Waals surface area contributed by atoms with Gasteiger partial charge in [0.1, 0.15) is 0 Å². The molecule has 1 aliphatic rings. The van der Waals surface area contributed by atoms with E-state index >= 15 is 0 Å². The van der Waals surface area contributed by atoms with Crippen LogP contribution in [0.3, 0.4) is 0 Å². The van der Waals surface area contributed by atoms with Crippen molar-refractivity contribution in [1.29, 1.82) is 0 Å². The minimum Gasteiger partial charge on any atom is -0.452 e. The molecule has 0 saturated carbocycles. The van der Waals surface area contributed by atoms with Gasteiger partial charge in [-0.15, -0.1) is 0 Å². The summed E-state index contributed by atoms with van der Waals surface area (Å²) >= 11 is 0. The quantitative estimate of drug-likeness (QED) is 0.426. The predicted octanol–water partition coefficient (Wildman–Crippen LogP) is 4.50. The lowest BCUT2D eigenvalue weighted by atomic mass is 10.0. The molecule has 2 aromatic heterocycles. The second-order valence-corrected chi connectivity index (χ2v) is 8.31. The molecule has 0 fully saturated rings. The van der Waals surface area contributed by atoms with Gasteiger partial charge < -0.3 is 4.74 Å². The summed E-state index contributed by atoms with van der Waals surface area (Å²) in [5.41, 5.74) is 5.93. The van der Waals surface area contributed by atoms with Crippen molar-refractivity contribution in [1.82, 2.24) is 14.8 Å². The summed E-state index contributed by atoms with van der Waals surface area (Å²) in [6, 6.07) is 21.0. The topological polar surface area (TPSA) is 77.3 Å². The summed E-state index contributed by atoms with van der Waals surface area (Å²) in [4.78, 5) is 32.0. The number of nitrogens with zero attached hydrogens (tertiary/aromatic N) is 4. The summed E-state index contributed by atoms with van der Waals surface area (Å²) in [5, 5.41) is 4.40. The number of fused-ring (bicyclic) bond motifs is 2. The lowest BCUT2D eigenvalue weighted by molar-refractivity contribution is -0.120. The lowest BCUT2D eigenvalue weighted by Crippen LogP contribution is -2.31. The highest BCUT2D eigenvalue weighted by Gasteiger charge is 2.26. The molecule has 0 atom stereocenters. The van der Waals surface area contributed by atoms with Crippen molar-refractivity contribution >= 4 is 23.3 Å². The molecule has 170 valence electrons. The van der Waals surface area contributed by atoms with Gasteiger partial charge in [-0.1, -0.05) is 36.4 Å². The molecule has 1 aliphatic heterocycles. The van der Waals surface area contributed by atoms with Crippen LogP contribution in [0.1, 0.15) is 32.9 Å². The van der Waals surface area contributed by atoms with Crippen LogP contribution in [0.15, 0.2) is 72.9 Å². The molecule has 0 unspecified atom stereocenters. The van der Waals surface area contributed by atoms with Crippen molar-refractivity contribution in [2.75, 3.05) is 11.5 Å². The Labute approximate surface area is 197 Å². The van der Waals surface area contributed by atoms with E-state index in [0.717, 1.165) is 46.7 Å². The average molecular weight is 453 g/mol. The number of hydrogen-bond donors (Lipinski definition) is 0. The fourth-order valence-corrected chi connectivity index (χ4v) is 4.32. The number of para-hydroxylation sites is 2. The Morgan fingerprint density at radius 2 is 1.56 bits per heavy atom. The van der Waals surface area contributed by atoms with Crippen LogP contribution >= 0.6 is 0 Å². The van der Waals surface area contributed by atoms with Crippen molar-refractivity contribution in [2.24, 2.45) is 0 Å². The summed E-state index contributed by atoms with van der Waals surface area (Å²) in [6.07, 6.45) is 3.11. The molecule has 7 heteroatoms. The smallest absolute Gasteiger partial charge is 0.340 e. The molecule has 7 nitrogen and oxygen atoms in total. The molecule has 0 bridgehead atoms. The maximum absolute atomic E-state index is 13.3. The van der Waals surface area contributed by atoms with E-state index in [0.29, 0.717) is 5.82 Å². The Morgan fingerprint density at radius 1 is 0.912 bits per heavy atom. The number of anilines is 2. The SMILES string of the molecule is Cc1cc(C)n(-c2ccc(C(=O)OCC(=O)N3c4ccccc4CCc4ccccc43)cn2)n1. The van der Waals surface area contributed by atoms with Gasteiger partial charge in [0.05, 0.1) is 22.6 Å². The minimum absolute atomic E-state index is 0.273. The van der Waals surface area contributed by atoms with Gasteiger partial charge in [-0.3, -0.25) is 9.69 Å². The van der Waals surface area contributed by atoms with Gasteiger partial charge in [-0.25, -0.2) is 14.5 Å². The highest BCUT2D eigenvalue weighted by molar-refractivity contribution is 6.04. The number of ether oxygens (including phenoxy) is 1. The number of pyridine rings is 1. The minimum atomic E-state index is -0.600. The number of hydrogen-bond acceptors (Lipinski definition) is 5. The molecule has 4 aromatic rings. The second kappa shape index (κ2) is 8.94. The van der Waals surface area contributed by atoms with Crippen molar-refractivity contribution in [3.8, 4) is 5.82 Å². The Morgan fingerprint density at radius 3 is 2.12 bits per heavy atom. The summed E-state index contributed by atoms with van der Waals surface area (Å²) < 4.78 is 7.11. The summed E-state index contributed by atoms with van der Waals surface area (Å²) in [6.45, 7) is 3.47. The normalized spacial score (nSPS) is 12.5. The Bertz CT molecular complexity index is 1330. The highest BCUT2D eigenvalue weighted by atomic mass is 16.5. The largest absolute Gasteiger partial charge is 0.452 e. The number of carbonyl (C=O) groups excluding carboxylic acids is 2. The van der Waals surface area contributed by atoms with E-state index in [1.54, 1.807) is 21.7 Å². The number of esters is 1. The number of aryl methyl sites for hydroxylation is 4. The third kappa shape index (κ3) is 4.08. The molecule has 34 heavy (non-hydrogen) atoms. The van der Waals surface area contributed by atoms with E-state index in [9.17, 15) is 9.59 Å².